The first-order valence-electron chi connectivity index (χ1n) is 7.53. The summed E-state index contributed by atoms with van der Waals surface area (Å²) in [4.78, 5) is 39.2. The maximum atomic E-state index is 12.4. The molecule has 9 heteroatoms. The Morgan fingerprint density at radius 2 is 2.00 bits per heavy atom. The van der Waals surface area contributed by atoms with Crippen molar-refractivity contribution in [3.05, 3.63) is 86.6 Å². The first-order chi connectivity index (χ1) is 12.5. The molecule has 0 unspecified atom stereocenters. The molecule has 0 bridgehead atoms. The molecular formula is C17H13N5O4. The Kier molecular flexibility index (Phi) is 4.52. The number of rotatable bonds is 4. The number of aryl methyl sites for hydroxylation is 1. The number of amides is 1. The fourth-order valence-electron chi connectivity index (χ4n) is 2.37. The lowest BCUT2D eigenvalue weighted by Crippen LogP contribution is -2.27. The smallest absolute Gasteiger partial charge is 0.294 e. The maximum absolute atomic E-state index is 12.4. The molecule has 0 atom stereocenters. The second kappa shape index (κ2) is 6.93. The lowest BCUT2D eigenvalue weighted by atomic mass is 10.2. The second-order valence-corrected chi connectivity index (χ2v) is 5.35. The van der Waals surface area contributed by atoms with Crippen LogP contribution in [0.15, 0.2) is 59.7 Å². The summed E-state index contributed by atoms with van der Waals surface area (Å²) < 4.78 is 1.21. The molecule has 3 rings (SSSR count). The van der Waals surface area contributed by atoms with Crippen molar-refractivity contribution in [2.24, 2.45) is 0 Å². The van der Waals surface area contributed by atoms with Crippen LogP contribution in [0, 0.1) is 17.0 Å². The van der Waals surface area contributed by atoms with Gasteiger partial charge in [-0.1, -0.05) is 12.1 Å². The molecule has 0 radical (unpaired) electrons. The van der Waals surface area contributed by atoms with Crippen molar-refractivity contribution < 1.29 is 9.72 Å². The van der Waals surface area contributed by atoms with Crippen LogP contribution in [0.4, 0.5) is 11.4 Å². The van der Waals surface area contributed by atoms with Crippen molar-refractivity contribution in [3.8, 4) is 5.69 Å². The van der Waals surface area contributed by atoms with Gasteiger partial charge in [-0.2, -0.15) is 5.10 Å². The van der Waals surface area contributed by atoms with Gasteiger partial charge in [-0.05, 0) is 25.1 Å². The predicted octanol–water partition coefficient (Wildman–Crippen LogP) is 2.10. The molecule has 1 amide bonds. The van der Waals surface area contributed by atoms with E-state index in [1.165, 1.54) is 35.1 Å². The lowest BCUT2D eigenvalue weighted by Gasteiger charge is -2.11. The Labute approximate surface area is 147 Å². The third-order valence-electron chi connectivity index (χ3n) is 3.55. The van der Waals surface area contributed by atoms with E-state index >= 15 is 0 Å². The molecule has 26 heavy (non-hydrogen) atoms. The standard InChI is InChI=1S/C17H13N5O4/c1-11-9-15(23)16(17(24)19-12-5-4-8-18-10-12)20-21(11)13-6-2-3-7-14(13)22(25)26/h2-10H,1H3,(H,19,24). The molecule has 2 heterocycles. The van der Waals surface area contributed by atoms with Crippen molar-refractivity contribution >= 4 is 17.3 Å². The van der Waals surface area contributed by atoms with Crippen LogP contribution in [-0.2, 0) is 0 Å². The van der Waals surface area contributed by atoms with Gasteiger partial charge in [0.25, 0.3) is 11.6 Å². The van der Waals surface area contributed by atoms with Gasteiger partial charge >= 0.3 is 0 Å². The molecule has 0 saturated heterocycles. The van der Waals surface area contributed by atoms with Crippen LogP contribution in [0.3, 0.4) is 0 Å². The Morgan fingerprint density at radius 1 is 1.23 bits per heavy atom. The average Bonchev–Trinajstić information content (AvgIpc) is 2.62. The van der Waals surface area contributed by atoms with Crippen LogP contribution < -0.4 is 10.7 Å². The van der Waals surface area contributed by atoms with E-state index in [2.05, 4.69) is 15.4 Å². The van der Waals surface area contributed by atoms with Gasteiger partial charge < -0.3 is 5.32 Å². The van der Waals surface area contributed by atoms with Gasteiger partial charge in [0.15, 0.2) is 5.69 Å². The zero-order valence-corrected chi connectivity index (χ0v) is 13.6. The number of nitrogens with one attached hydrogen (secondary N) is 1. The fraction of sp³-hybridized carbons (Fsp3) is 0.0588. The summed E-state index contributed by atoms with van der Waals surface area (Å²) in [6, 6.07) is 10.4. The van der Waals surface area contributed by atoms with Crippen LogP contribution in [-0.4, -0.2) is 25.6 Å². The number of nitro benzene ring substituents is 1. The van der Waals surface area contributed by atoms with Crippen LogP contribution in [0.1, 0.15) is 16.2 Å². The zero-order valence-electron chi connectivity index (χ0n) is 13.6. The van der Waals surface area contributed by atoms with Crippen molar-refractivity contribution in [1.29, 1.82) is 0 Å². The van der Waals surface area contributed by atoms with Crippen molar-refractivity contribution in [2.45, 2.75) is 6.92 Å². The first-order valence-corrected chi connectivity index (χ1v) is 7.53. The van der Waals surface area contributed by atoms with Gasteiger partial charge in [-0.25, -0.2) is 4.68 Å². The second-order valence-electron chi connectivity index (χ2n) is 5.35. The summed E-state index contributed by atoms with van der Waals surface area (Å²) in [6.07, 6.45) is 2.97. The number of nitro groups is 1. The third kappa shape index (κ3) is 3.31. The summed E-state index contributed by atoms with van der Waals surface area (Å²) in [5, 5.41) is 17.8. The number of pyridine rings is 1. The van der Waals surface area contributed by atoms with Crippen LogP contribution in [0.2, 0.25) is 0 Å². The highest BCUT2D eigenvalue weighted by Crippen LogP contribution is 2.22. The molecule has 9 nitrogen and oxygen atoms in total. The lowest BCUT2D eigenvalue weighted by molar-refractivity contribution is -0.384. The van der Waals surface area contributed by atoms with Gasteiger partial charge in [-0.3, -0.25) is 24.7 Å². The minimum atomic E-state index is -0.727. The van der Waals surface area contributed by atoms with Gasteiger partial charge in [-0.15, -0.1) is 0 Å². The monoisotopic (exact) mass is 351 g/mol. The number of nitrogens with zero attached hydrogens (tertiary/aromatic N) is 4. The summed E-state index contributed by atoms with van der Waals surface area (Å²) in [7, 11) is 0. The highest BCUT2D eigenvalue weighted by Gasteiger charge is 2.20. The number of hydrogen-bond donors (Lipinski definition) is 1. The van der Waals surface area contributed by atoms with E-state index < -0.39 is 16.3 Å². The molecule has 0 aliphatic heterocycles. The number of carbonyl (C=O) groups is 1. The number of carbonyl (C=O) groups excluding carboxylic acids is 1. The minimum Gasteiger partial charge on any atom is -0.319 e. The topological polar surface area (TPSA) is 120 Å². The van der Waals surface area contributed by atoms with E-state index in [1.807, 2.05) is 0 Å². The third-order valence-corrected chi connectivity index (χ3v) is 3.55. The molecule has 0 aliphatic rings. The van der Waals surface area contributed by atoms with E-state index in [0.29, 0.717) is 11.4 Å². The highest BCUT2D eigenvalue weighted by atomic mass is 16.6. The molecule has 1 N–H and O–H groups in total. The van der Waals surface area contributed by atoms with Crippen LogP contribution in [0.5, 0.6) is 0 Å². The van der Waals surface area contributed by atoms with E-state index in [0.717, 1.165) is 0 Å². The van der Waals surface area contributed by atoms with Gasteiger partial charge in [0, 0.05) is 24.0 Å². The molecule has 3 aromatic rings. The number of benzene rings is 1. The molecule has 2 aromatic heterocycles. The van der Waals surface area contributed by atoms with Crippen LogP contribution >= 0.6 is 0 Å². The Morgan fingerprint density at radius 3 is 2.69 bits per heavy atom. The molecule has 0 spiro atoms. The van der Waals surface area contributed by atoms with Crippen LogP contribution in [0.25, 0.3) is 5.69 Å². The number of anilines is 1. The largest absolute Gasteiger partial charge is 0.319 e. The van der Waals surface area contributed by atoms with E-state index in [4.69, 9.17) is 0 Å². The van der Waals surface area contributed by atoms with Crippen molar-refractivity contribution in [3.63, 3.8) is 0 Å². The molecule has 1 aromatic carbocycles. The summed E-state index contributed by atoms with van der Waals surface area (Å²) in [5.41, 5.74) is -0.231. The van der Waals surface area contributed by atoms with E-state index in [1.54, 1.807) is 31.3 Å². The maximum Gasteiger partial charge on any atom is 0.294 e. The predicted molar refractivity (Wildman–Crippen MR) is 93.4 cm³/mol. The summed E-state index contributed by atoms with van der Waals surface area (Å²) in [6.45, 7) is 1.58. The summed E-state index contributed by atoms with van der Waals surface area (Å²) >= 11 is 0. The van der Waals surface area contributed by atoms with Crippen molar-refractivity contribution in [2.75, 3.05) is 5.32 Å². The normalized spacial score (nSPS) is 10.3. The number of aromatic nitrogens is 3. The molecule has 0 saturated carbocycles. The zero-order chi connectivity index (χ0) is 18.7. The quantitative estimate of drug-likeness (QED) is 0.568. The Hall–Kier alpha value is -3.88. The molecule has 130 valence electrons. The van der Waals surface area contributed by atoms with E-state index in [-0.39, 0.29) is 17.1 Å². The molecule has 0 fully saturated rings. The molecule has 0 aliphatic carbocycles. The Balaban J connectivity index is 2.07. The average molecular weight is 351 g/mol. The fourth-order valence-corrected chi connectivity index (χ4v) is 2.37. The van der Waals surface area contributed by atoms with E-state index in [9.17, 15) is 19.7 Å². The number of hydrogen-bond acceptors (Lipinski definition) is 6. The SMILES string of the molecule is Cc1cc(=O)c(C(=O)Nc2cccnc2)nn1-c1ccccc1[N+](=O)[O-]. The van der Waals surface area contributed by atoms with Gasteiger partial charge in [0.1, 0.15) is 5.69 Å². The minimum absolute atomic E-state index is 0.158. The summed E-state index contributed by atoms with van der Waals surface area (Å²) in [5.74, 6) is -0.727. The first kappa shape index (κ1) is 17.0. The number of para-hydroxylation sites is 2. The highest BCUT2D eigenvalue weighted by molar-refractivity contribution is 6.02. The Bertz CT molecular complexity index is 1050. The van der Waals surface area contributed by atoms with Gasteiger partial charge in [0.2, 0.25) is 5.43 Å². The van der Waals surface area contributed by atoms with Gasteiger partial charge in [0.05, 0.1) is 16.8 Å². The molecular weight excluding hydrogens is 338 g/mol. The van der Waals surface area contributed by atoms with Crippen molar-refractivity contribution in [1.82, 2.24) is 14.8 Å².